The SMILES string of the molecule is C=CC(=O)OC(F)(F)C(F)(CCC(=O)OCC)C(F)(F)C(F)(F)C(F)(F)C(F)(F)C(F)(F)C(F)(F)F. The smallest absolute Gasteiger partial charge is 0.460 e. The summed E-state index contributed by atoms with van der Waals surface area (Å²) in [4.78, 5) is 22.1. The van der Waals surface area contributed by atoms with E-state index in [0.29, 0.717) is 0 Å². The van der Waals surface area contributed by atoms with Crippen LogP contribution in [0.15, 0.2) is 12.7 Å². The molecule has 0 amide bonds. The molecule has 0 spiro atoms. The molecule has 0 saturated carbocycles. The Morgan fingerprint density at radius 1 is 0.694 bits per heavy atom. The summed E-state index contributed by atoms with van der Waals surface area (Å²) in [6, 6.07) is 0. The molecule has 0 rings (SSSR count). The molecule has 0 aliphatic carbocycles. The van der Waals surface area contributed by atoms with Gasteiger partial charge in [-0.1, -0.05) is 6.58 Å². The third-order valence-electron chi connectivity index (χ3n) is 4.27. The molecule has 36 heavy (non-hydrogen) atoms. The predicted molar refractivity (Wildman–Crippen MR) is 81.7 cm³/mol. The van der Waals surface area contributed by atoms with E-state index >= 15 is 0 Å². The lowest BCUT2D eigenvalue weighted by molar-refractivity contribution is -0.460. The number of esters is 2. The maximum Gasteiger partial charge on any atom is 0.460 e. The number of hydrogen-bond donors (Lipinski definition) is 0. The summed E-state index contributed by atoms with van der Waals surface area (Å²) >= 11 is 0. The highest BCUT2D eigenvalue weighted by Crippen LogP contribution is 2.64. The van der Waals surface area contributed by atoms with Crippen molar-refractivity contribution in [3.63, 3.8) is 0 Å². The molecule has 0 aliphatic rings. The monoisotopic (exact) mass is 572 g/mol. The molecule has 0 radical (unpaired) electrons. The molecule has 4 nitrogen and oxygen atoms in total. The highest BCUT2D eigenvalue weighted by Gasteiger charge is 2.94. The molecule has 0 aliphatic heterocycles. The maximum absolute atomic E-state index is 14.9. The number of halogens is 16. The number of carbonyl (C=O) groups is 2. The molecular formula is C16H12F16O4. The van der Waals surface area contributed by atoms with Crippen LogP contribution < -0.4 is 0 Å². The summed E-state index contributed by atoms with van der Waals surface area (Å²) in [5.74, 6) is -46.5. The fourth-order valence-corrected chi connectivity index (χ4v) is 2.26. The van der Waals surface area contributed by atoms with Crippen LogP contribution in [0, 0.1) is 0 Å². The minimum absolute atomic E-state index is 0.359. The van der Waals surface area contributed by atoms with E-state index < -0.39 is 79.0 Å². The van der Waals surface area contributed by atoms with Crippen LogP contribution in [-0.4, -0.2) is 66.1 Å². The quantitative estimate of drug-likeness (QED) is 0.161. The van der Waals surface area contributed by atoms with E-state index in [0.717, 1.165) is 6.92 Å². The number of hydrogen-bond acceptors (Lipinski definition) is 4. The van der Waals surface area contributed by atoms with E-state index in [1.54, 1.807) is 0 Å². The van der Waals surface area contributed by atoms with Crippen molar-refractivity contribution in [3.8, 4) is 0 Å². The van der Waals surface area contributed by atoms with Gasteiger partial charge in [0, 0.05) is 18.9 Å². The van der Waals surface area contributed by atoms with Crippen LogP contribution in [-0.2, 0) is 19.1 Å². The summed E-state index contributed by atoms with van der Waals surface area (Å²) < 4.78 is 223. The Morgan fingerprint density at radius 3 is 1.44 bits per heavy atom. The van der Waals surface area contributed by atoms with Crippen molar-refractivity contribution in [2.45, 2.75) is 67.3 Å². The molecule has 0 aromatic heterocycles. The largest absolute Gasteiger partial charge is 0.466 e. The van der Waals surface area contributed by atoms with Crippen molar-refractivity contribution in [1.29, 1.82) is 0 Å². The van der Waals surface area contributed by atoms with Gasteiger partial charge in [-0.2, -0.15) is 65.9 Å². The van der Waals surface area contributed by atoms with Gasteiger partial charge in [0.2, 0.25) is 0 Å². The van der Waals surface area contributed by atoms with Crippen molar-refractivity contribution in [1.82, 2.24) is 0 Å². The van der Waals surface area contributed by atoms with Gasteiger partial charge >= 0.3 is 53.8 Å². The lowest BCUT2D eigenvalue weighted by Crippen LogP contribution is -2.75. The zero-order valence-electron chi connectivity index (χ0n) is 17.1. The second kappa shape index (κ2) is 9.79. The molecule has 0 N–H and O–H groups in total. The molecular weight excluding hydrogens is 560 g/mol. The fraction of sp³-hybridized carbons (Fsp3) is 0.750. The molecule has 212 valence electrons. The number of alkyl halides is 16. The fourth-order valence-electron chi connectivity index (χ4n) is 2.26. The molecule has 0 saturated heterocycles. The zero-order valence-corrected chi connectivity index (χ0v) is 17.1. The lowest BCUT2D eigenvalue weighted by Gasteiger charge is -2.45. The van der Waals surface area contributed by atoms with Gasteiger partial charge in [0.15, 0.2) is 0 Å². The Kier molecular flexibility index (Phi) is 9.13. The van der Waals surface area contributed by atoms with E-state index in [-0.39, 0.29) is 6.08 Å². The van der Waals surface area contributed by atoms with Crippen LogP contribution in [0.5, 0.6) is 0 Å². The van der Waals surface area contributed by atoms with Crippen LogP contribution >= 0.6 is 0 Å². The third kappa shape index (κ3) is 5.03. The van der Waals surface area contributed by atoms with Crippen LogP contribution in [0.4, 0.5) is 70.2 Å². The summed E-state index contributed by atoms with van der Waals surface area (Å²) in [7, 11) is 0. The number of ether oxygens (including phenoxy) is 2. The van der Waals surface area contributed by atoms with Crippen molar-refractivity contribution in [2.75, 3.05) is 6.61 Å². The van der Waals surface area contributed by atoms with Gasteiger partial charge in [-0.25, -0.2) is 9.18 Å². The maximum atomic E-state index is 14.9. The van der Waals surface area contributed by atoms with Gasteiger partial charge in [0.1, 0.15) is 0 Å². The van der Waals surface area contributed by atoms with Crippen LogP contribution in [0.25, 0.3) is 0 Å². The Hall–Kier alpha value is -2.44. The zero-order chi connectivity index (χ0) is 29.4. The molecule has 0 aromatic carbocycles. The second-order valence-corrected chi connectivity index (χ2v) is 6.62. The summed E-state index contributed by atoms with van der Waals surface area (Å²) in [6.07, 6.45) is -20.2. The van der Waals surface area contributed by atoms with Gasteiger partial charge in [-0.15, -0.1) is 0 Å². The van der Waals surface area contributed by atoms with Gasteiger partial charge in [0.05, 0.1) is 6.61 Å². The number of carbonyl (C=O) groups excluding carboxylic acids is 2. The van der Waals surface area contributed by atoms with Gasteiger partial charge in [-0.3, -0.25) is 4.79 Å². The Bertz CT molecular complexity index is 835. The topological polar surface area (TPSA) is 52.6 Å². The first-order valence-corrected chi connectivity index (χ1v) is 8.69. The molecule has 0 aromatic rings. The first-order valence-electron chi connectivity index (χ1n) is 8.69. The third-order valence-corrected chi connectivity index (χ3v) is 4.27. The van der Waals surface area contributed by atoms with Crippen LogP contribution in [0.3, 0.4) is 0 Å². The van der Waals surface area contributed by atoms with Crippen molar-refractivity contribution in [3.05, 3.63) is 12.7 Å². The predicted octanol–water partition coefficient (Wildman–Crippen LogP) is 6.10. The molecule has 0 bridgehead atoms. The number of rotatable bonds is 12. The van der Waals surface area contributed by atoms with Gasteiger partial charge in [0.25, 0.3) is 5.67 Å². The van der Waals surface area contributed by atoms with E-state index in [4.69, 9.17) is 0 Å². The summed E-state index contributed by atoms with van der Waals surface area (Å²) in [6.45, 7) is 2.67. The highest BCUT2D eigenvalue weighted by molar-refractivity contribution is 5.81. The van der Waals surface area contributed by atoms with Crippen molar-refractivity contribution >= 4 is 11.9 Å². The highest BCUT2D eigenvalue weighted by atomic mass is 19.4. The van der Waals surface area contributed by atoms with Gasteiger partial charge < -0.3 is 9.47 Å². The van der Waals surface area contributed by atoms with E-state index in [2.05, 4.69) is 16.1 Å². The van der Waals surface area contributed by atoms with Crippen LogP contribution in [0.1, 0.15) is 19.8 Å². The van der Waals surface area contributed by atoms with E-state index in [1.165, 1.54) is 0 Å². The Labute approximate surface area is 189 Å². The Balaban J connectivity index is 7.09. The molecule has 1 atom stereocenters. The minimum Gasteiger partial charge on any atom is -0.466 e. The normalized spacial score (nSPS) is 16.2. The summed E-state index contributed by atoms with van der Waals surface area (Å²) in [5, 5.41) is 0. The first kappa shape index (κ1) is 33.6. The van der Waals surface area contributed by atoms with E-state index in [1.807, 2.05) is 0 Å². The molecule has 0 heterocycles. The minimum atomic E-state index is -8.62. The van der Waals surface area contributed by atoms with Crippen LogP contribution in [0.2, 0.25) is 0 Å². The van der Waals surface area contributed by atoms with Gasteiger partial charge in [-0.05, 0) is 6.92 Å². The van der Waals surface area contributed by atoms with E-state index in [9.17, 15) is 79.8 Å². The van der Waals surface area contributed by atoms with Crippen molar-refractivity contribution < 1.29 is 89.3 Å². The summed E-state index contributed by atoms with van der Waals surface area (Å²) in [5.41, 5.74) is -6.83. The first-order chi connectivity index (χ1) is 15.7. The molecule has 1 unspecified atom stereocenters. The lowest BCUT2D eigenvalue weighted by atomic mass is 9.82. The average molecular weight is 572 g/mol. The Morgan fingerprint density at radius 2 is 1.08 bits per heavy atom. The molecule has 20 heteroatoms. The van der Waals surface area contributed by atoms with Crippen molar-refractivity contribution in [2.24, 2.45) is 0 Å². The standard InChI is InChI=1S/C16H12F16O4/c1-3-7(33)36-16(31,32)9(17,6-5-8(34)35-4-2)10(18,19)11(20,21)12(22,23)13(24,25)14(26,27)15(28,29)30/h3H,1,4-6H2,2H3. The second-order valence-electron chi connectivity index (χ2n) is 6.62. The average Bonchev–Trinajstić information content (AvgIpc) is 2.69. The molecule has 0 fully saturated rings.